The Morgan fingerprint density at radius 3 is 2.52 bits per heavy atom. The number of hydrogen-bond donors (Lipinski definition) is 0. The van der Waals surface area contributed by atoms with Gasteiger partial charge in [-0.1, -0.05) is 29.8 Å². The van der Waals surface area contributed by atoms with Gasteiger partial charge in [-0.3, -0.25) is 14.6 Å². The van der Waals surface area contributed by atoms with E-state index in [1.54, 1.807) is 36.4 Å². The number of rotatable bonds is 6. The Balaban J connectivity index is 1.45. The van der Waals surface area contributed by atoms with Gasteiger partial charge in [0.05, 0.1) is 15.7 Å². The molecule has 0 bridgehead atoms. The number of carbonyl (C=O) groups is 2. The fraction of sp³-hybridized carbons (Fsp3) is 0.100. The summed E-state index contributed by atoms with van der Waals surface area (Å²) in [4.78, 5) is 33.3. The van der Waals surface area contributed by atoms with E-state index in [2.05, 4.69) is 9.98 Å². The van der Waals surface area contributed by atoms with Crippen molar-refractivity contribution in [2.45, 2.75) is 10.6 Å². The van der Waals surface area contributed by atoms with Gasteiger partial charge in [0.25, 0.3) is 0 Å². The van der Waals surface area contributed by atoms with Crippen LogP contribution in [0, 0.1) is 0 Å². The molecule has 0 saturated carbocycles. The molecule has 0 atom stereocenters. The number of sulfone groups is 1. The van der Waals surface area contributed by atoms with Crippen molar-refractivity contribution in [1.82, 2.24) is 4.98 Å². The molecule has 9 heteroatoms. The highest BCUT2D eigenvalue weighted by Gasteiger charge is 2.26. The Bertz CT molecular complexity index is 1260. The van der Waals surface area contributed by atoms with E-state index in [1.165, 1.54) is 18.3 Å². The summed E-state index contributed by atoms with van der Waals surface area (Å²) in [6, 6.07) is 13.2. The normalized spacial score (nSPS) is 13.3. The number of ketones is 2. The van der Waals surface area contributed by atoms with Gasteiger partial charge < -0.3 is 0 Å². The van der Waals surface area contributed by atoms with Gasteiger partial charge in [-0.05, 0) is 35.9 Å². The number of pyridine rings is 1. The number of halogens is 1. The minimum atomic E-state index is -3.72. The third-order valence-corrected chi connectivity index (χ3v) is 7.76. The van der Waals surface area contributed by atoms with Crippen molar-refractivity contribution in [1.29, 1.82) is 0 Å². The van der Waals surface area contributed by atoms with Gasteiger partial charge in [-0.2, -0.15) is 0 Å². The van der Waals surface area contributed by atoms with Crippen LogP contribution >= 0.6 is 22.9 Å². The number of hydrogen-bond acceptors (Lipinski definition) is 7. The summed E-state index contributed by atoms with van der Waals surface area (Å²) in [6.45, 7) is 0. The van der Waals surface area contributed by atoms with Crippen molar-refractivity contribution in [2.24, 2.45) is 4.99 Å². The molecule has 3 heterocycles. The van der Waals surface area contributed by atoms with Gasteiger partial charge in [-0.15, -0.1) is 11.3 Å². The number of para-hydroxylation sites is 1. The lowest BCUT2D eigenvalue weighted by atomic mass is 10.1. The molecule has 0 amide bonds. The molecule has 4 rings (SSSR count). The molecule has 3 aromatic rings. The summed E-state index contributed by atoms with van der Waals surface area (Å²) >= 11 is 6.69. The second-order valence-corrected chi connectivity index (χ2v) is 10.3. The van der Waals surface area contributed by atoms with Gasteiger partial charge in [-0.25, -0.2) is 13.4 Å². The summed E-state index contributed by atoms with van der Waals surface area (Å²) in [5, 5.41) is 0. The number of fused-ring (bicyclic) bond motifs is 1. The van der Waals surface area contributed by atoms with Gasteiger partial charge >= 0.3 is 0 Å². The highest BCUT2D eigenvalue weighted by atomic mass is 35.5. The zero-order chi connectivity index (χ0) is 20.6. The molecule has 6 nitrogen and oxygen atoms in total. The van der Waals surface area contributed by atoms with Crippen molar-refractivity contribution < 1.29 is 18.0 Å². The van der Waals surface area contributed by atoms with E-state index in [-0.39, 0.29) is 22.1 Å². The van der Waals surface area contributed by atoms with E-state index < -0.39 is 21.4 Å². The van der Waals surface area contributed by atoms with Crippen molar-refractivity contribution in [3.63, 3.8) is 0 Å². The van der Waals surface area contributed by atoms with Crippen LogP contribution in [0.15, 0.2) is 63.9 Å². The van der Waals surface area contributed by atoms with Gasteiger partial charge in [0, 0.05) is 18.2 Å². The minimum absolute atomic E-state index is 0.0710. The zero-order valence-corrected chi connectivity index (χ0v) is 17.2. The van der Waals surface area contributed by atoms with E-state index >= 15 is 0 Å². The average Bonchev–Trinajstić information content (AvgIpc) is 3.27. The number of Topliss-reactive ketones (excluding diaryl/α,β-unsaturated/α-hetero) is 2. The van der Waals surface area contributed by atoms with Gasteiger partial charge in [0.2, 0.25) is 5.78 Å². The summed E-state index contributed by atoms with van der Waals surface area (Å²) in [7, 11) is -3.72. The van der Waals surface area contributed by atoms with Crippen LogP contribution in [0.1, 0.15) is 21.6 Å². The first-order valence-corrected chi connectivity index (χ1v) is 11.4. The number of thiophene rings is 1. The first-order chi connectivity index (χ1) is 13.8. The molecule has 0 fully saturated rings. The lowest BCUT2D eigenvalue weighted by molar-refractivity contribution is -0.116. The molecule has 1 aromatic carbocycles. The van der Waals surface area contributed by atoms with Crippen LogP contribution in [0.5, 0.6) is 0 Å². The largest absolute Gasteiger partial charge is 0.298 e. The fourth-order valence-electron chi connectivity index (χ4n) is 2.93. The molecule has 0 aliphatic carbocycles. The third kappa shape index (κ3) is 4.05. The Labute approximate surface area is 175 Å². The maximum Gasteiger partial charge on any atom is 0.215 e. The third-order valence-electron chi connectivity index (χ3n) is 4.27. The van der Waals surface area contributed by atoms with E-state index in [1.807, 2.05) is 0 Å². The number of nitrogens with zero attached hydrogens (tertiary/aromatic N) is 2. The molecule has 0 unspecified atom stereocenters. The molecule has 0 spiro atoms. The van der Waals surface area contributed by atoms with Crippen LogP contribution in [0.3, 0.4) is 0 Å². The summed E-state index contributed by atoms with van der Waals surface area (Å²) in [5.41, 5.74) is 2.35. The van der Waals surface area contributed by atoms with Crippen molar-refractivity contribution in [3.8, 4) is 0 Å². The van der Waals surface area contributed by atoms with Crippen molar-refractivity contribution in [3.05, 3.63) is 75.9 Å². The number of benzene rings is 1. The van der Waals surface area contributed by atoms with Crippen LogP contribution in [0.2, 0.25) is 4.34 Å². The molecule has 0 radical (unpaired) electrons. The summed E-state index contributed by atoms with van der Waals surface area (Å²) < 4.78 is 25.0. The SMILES string of the molecule is O=C(Cc1ccc(C2=Nc3ccccc3C2=O)nc1)CS(=O)(=O)c1ccc(Cl)s1. The van der Waals surface area contributed by atoms with Gasteiger partial charge in [0.1, 0.15) is 15.7 Å². The van der Waals surface area contributed by atoms with Crippen LogP contribution in [0.25, 0.3) is 0 Å². The molecule has 1 aliphatic rings. The lowest BCUT2D eigenvalue weighted by Gasteiger charge is -2.04. The van der Waals surface area contributed by atoms with E-state index in [0.717, 1.165) is 11.3 Å². The van der Waals surface area contributed by atoms with Gasteiger partial charge in [0.15, 0.2) is 15.6 Å². The maximum absolute atomic E-state index is 12.5. The Morgan fingerprint density at radius 2 is 1.86 bits per heavy atom. The Kier molecular flexibility index (Phi) is 5.16. The first-order valence-electron chi connectivity index (χ1n) is 8.51. The predicted molar refractivity (Wildman–Crippen MR) is 111 cm³/mol. The fourth-order valence-corrected chi connectivity index (χ4v) is 5.74. The molecule has 1 aliphatic heterocycles. The zero-order valence-electron chi connectivity index (χ0n) is 14.8. The van der Waals surface area contributed by atoms with E-state index in [0.29, 0.717) is 26.8 Å². The molecule has 29 heavy (non-hydrogen) atoms. The molecule has 0 N–H and O–H groups in total. The number of aromatic nitrogens is 1. The van der Waals surface area contributed by atoms with Crippen LogP contribution in [-0.2, 0) is 21.1 Å². The summed E-state index contributed by atoms with van der Waals surface area (Å²) in [5.74, 6) is -1.25. The average molecular weight is 445 g/mol. The maximum atomic E-state index is 12.5. The molecular formula is C20H13ClN2O4S2. The number of aliphatic imine (C=N–C) groups is 1. The molecular weight excluding hydrogens is 432 g/mol. The monoisotopic (exact) mass is 444 g/mol. The van der Waals surface area contributed by atoms with Crippen LogP contribution in [-0.4, -0.2) is 36.4 Å². The smallest absolute Gasteiger partial charge is 0.215 e. The van der Waals surface area contributed by atoms with E-state index in [9.17, 15) is 18.0 Å². The highest BCUT2D eigenvalue weighted by molar-refractivity contribution is 7.94. The topological polar surface area (TPSA) is 93.5 Å². The van der Waals surface area contributed by atoms with Crippen molar-refractivity contribution in [2.75, 3.05) is 5.75 Å². The minimum Gasteiger partial charge on any atom is -0.298 e. The Morgan fingerprint density at radius 1 is 1.07 bits per heavy atom. The lowest BCUT2D eigenvalue weighted by Crippen LogP contribution is -2.18. The van der Waals surface area contributed by atoms with Crippen LogP contribution < -0.4 is 0 Å². The Hall–Kier alpha value is -2.68. The molecule has 146 valence electrons. The van der Waals surface area contributed by atoms with E-state index in [4.69, 9.17) is 11.6 Å². The molecule has 0 saturated heterocycles. The molecule has 2 aromatic heterocycles. The number of carbonyl (C=O) groups excluding carboxylic acids is 2. The first kappa shape index (κ1) is 19.6. The second-order valence-electron chi connectivity index (χ2n) is 6.39. The van der Waals surface area contributed by atoms with Crippen LogP contribution in [0.4, 0.5) is 5.69 Å². The summed E-state index contributed by atoms with van der Waals surface area (Å²) in [6.07, 6.45) is 1.38. The highest BCUT2D eigenvalue weighted by Crippen LogP contribution is 2.28. The van der Waals surface area contributed by atoms with Crippen molar-refractivity contribution >= 4 is 55.7 Å². The second kappa shape index (κ2) is 7.62. The predicted octanol–water partition coefficient (Wildman–Crippen LogP) is 3.70. The quantitative estimate of drug-likeness (QED) is 0.577. The standard InChI is InChI=1S/C20H13ClN2O4S2/c21-17-7-8-18(28-17)29(26,27)11-13(24)9-12-5-6-16(22-10-12)19-20(25)14-3-1-2-4-15(14)23-19/h1-8,10H,9,11H2.